The Hall–Kier alpha value is -4.36. The Labute approximate surface area is 208 Å². The molecule has 2 N–H and O–H groups in total. The van der Waals surface area contributed by atoms with Gasteiger partial charge >= 0.3 is 0 Å². The van der Waals surface area contributed by atoms with E-state index in [2.05, 4.69) is 71.4 Å². The first-order valence-corrected chi connectivity index (χ1v) is 12.4. The molecule has 5 aromatic heterocycles. The summed E-state index contributed by atoms with van der Waals surface area (Å²) in [6.45, 7) is 3.31. The number of hydrogen-bond acceptors (Lipinski definition) is 5. The predicted molar refractivity (Wildman–Crippen MR) is 142 cm³/mol. The summed E-state index contributed by atoms with van der Waals surface area (Å²) >= 11 is 0. The monoisotopic (exact) mass is 471 g/mol. The van der Waals surface area contributed by atoms with E-state index in [-0.39, 0.29) is 0 Å². The molecular weight excluding hydrogens is 446 g/mol. The highest BCUT2D eigenvalue weighted by Gasteiger charge is 2.16. The molecule has 0 spiro atoms. The van der Waals surface area contributed by atoms with Crippen molar-refractivity contribution in [1.29, 1.82) is 0 Å². The minimum Gasteiger partial charge on any atom is -0.338 e. The maximum Gasteiger partial charge on any atom is 0.138 e. The molecule has 0 amide bonds. The predicted octanol–water partition coefficient (Wildman–Crippen LogP) is 5.83. The normalized spacial score (nSPS) is 14.2. The maximum atomic E-state index is 4.67. The summed E-state index contributed by atoms with van der Waals surface area (Å²) in [4.78, 5) is 19.4. The van der Waals surface area contributed by atoms with Gasteiger partial charge in [0.1, 0.15) is 11.3 Å². The van der Waals surface area contributed by atoms with E-state index in [0.29, 0.717) is 0 Å². The third-order valence-corrected chi connectivity index (χ3v) is 7.06. The molecule has 0 unspecified atom stereocenters. The first-order chi connectivity index (χ1) is 17.8. The van der Waals surface area contributed by atoms with Crippen molar-refractivity contribution in [2.75, 3.05) is 13.1 Å². The minimum absolute atomic E-state index is 0.831. The maximum absolute atomic E-state index is 4.67. The van der Waals surface area contributed by atoms with Gasteiger partial charge in [0.25, 0.3) is 0 Å². The van der Waals surface area contributed by atoms with Gasteiger partial charge in [0.05, 0.1) is 11.2 Å². The second kappa shape index (κ2) is 8.70. The average molecular weight is 472 g/mol. The summed E-state index contributed by atoms with van der Waals surface area (Å²) in [5, 5.41) is 9.97. The van der Waals surface area contributed by atoms with E-state index in [1.165, 1.54) is 31.5 Å². The van der Waals surface area contributed by atoms with Gasteiger partial charge in [-0.1, -0.05) is 12.1 Å². The first kappa shape index (κ1) is 21.0. The number of nitrogens with zero attached hydrogens (tertiary/aromatic N) is 5. The lowest BCUT2D eigenvalue weighted by atomic mass is 10.0. The van der Waals surface area contributed by atoms with Crippen molar-refractivity contribution >= 4 is 21.9 Å². The highest BCUT2D eigenvalue weighted by Crippen LogP contribution is 2.34. The third kappa shape index (κ3) is 3.74. The Morgan fingerprint density at radius 2 is 1.72 bits per heavy atom. The molecule has 0 bridgehead atoms. The highest BCUT2D eigenvalue weighted by atomic mass is 15.1. The molecule has 1 fully saturated rings. The van der Waals surface area contributed by atoms with E-state index in [9.17, 15) is 0 Å². The quantitative estimate of drug-likeness (QED) is 0.331. The second-order valence-corrected chi connectivity index (χ2v) is 9.44. The Balaban J connectivity index is 1.28. The molecule has 36 heavy (non-hydrogen) atoms. The van der Waals surface area contributed by atoms with Gasteiger partial charge in [0.15, 0.2) is 0 Å². The number of likely N-dealkylation sites (tertiary alicyclic amines) is 1. The zero-order chi connectivity index (χ0) is 23.9. The van der Waals surface area contributed by atoms with Crippen LogP contribution in [0.4, 0.5) is 0 Å². The lowest BCUT2D eigenvalue weighted by Crippen LogP contribution is -2.18. The van der Waals surface area contributed by atoms with Gasteiger partial charge in [-0.15, -0.1) is 0 Å². The Morgan fingerprint density at radius 3 is 2.61 bits per heavy atom. The number of aromatic nitrogens is 6. The molecule has 0 atom stereocenters. The van der Waals surface area contributed by atoms with Crippen molar-refractivity contribution < 1.29 is 0 Å². The molecule has 1 aromatic carbocycles. The van der Waals surface area contributed by atoms with Gasteiger partial charge in [-0.05, 0) is 79.0 Å². The summed E-state index contributed by atoms with van der Waals surface area (Å²) in [6.07, 6.45) is 12.0. The van der Waals surface area contributed by atoms with Gasteiger partial charge in [-0.2, -0.15) is 5.10 Å². The van der Waals surface area contributed by atoms with Crippen LogP contribution in [-0.4, -0.2) is 48.1 Å². The second-order valence-electron chi connectivity index (χ2n) is 9.44. The number of aromatic amines is 2. The molecule has 6 heterocycles. The number of fused-ring (bicyclic) bond motifs is 2. The topological polar surface area (TPSA) is 86.4 Å². The largest absolute Gasteiger partial charge is 0.338 e. The van der Waals surface area contributed by atoms with Crippen LogP contribution in [-0.2, 0) is 6.54 Å². The summed E-state index contributed by atoms with van der Waals surface area (Å²) in [5.41, 5.74) is 9.30. The fourth-order valence-corrected chi connectivity index (χ4v) is 5.26. The van der Waals surface area contributed by atoms with Gasteiger partial charge in [0.2, 0.25) is 0 Å². The Kier molecular flexibility index (Phi) is 5.06. The lowest BCUT2D eigenvalue weighted by Gasteiger charge is -2.14. The summed E-state index contributed by atoms with van der Waals surface area (Å²) < 4.78 is 0. The standard InChI is InChI=1S/C29H25N7/c1-2-11-36(10-1)18-19-12-22(17-31-15-19)20-5-6-26-25(13-20)28(35-34-26)27-14-24-23(7-9-32-29(24)33-27)21-4-3-8-30-16-21/h3-9,12-17H,1-2,10-11,18H2,(H,32,33)(H,34,35). The fourth-order valence-electron chi connectivity index (χ4n) is 5.26. The van der Waals surface area contributed by atoms with Crippen LogP contribution in [0, 0.1) is 0 Å². The molecule has 0 aliphatic carbocycles. The highest BCUT2D eigenvalue weighted by molar-refractivity contribution is 6.00. The lowest BCUT2D eigenvalue weighted by molar-refractivity contribution is 0.331. The van der Waals surface area contributed by atoms with Gasteiger partial charge in [0, 0.05) is 59.4 Å². The van der Waals surface area contributed by atoms with Crippen molar-refractivity contribution in [3.8, 4) is 33.6 Å². The van der Waals surface area contributed by atoms with Gasteiger partial charge in [-0.25, -0.2) is 4.98 Å². The van der Waals surface area contributed by atoms with E-state index in [4.69, 9.17) is 0 Å². The molecule has 7 rings (SSSR count). The van der Waals surface area contributed by atoms with E-state index in [1.54, 1.807) is 6.20 Å². The van der Waals surface area contributed by atoms with E-state index < -0.39 is 0 Å². The molecule has 0 saturated carbocycles. The molecule has 1 aliphatic rings. The fraction of sp³-hybridized carbons (Fsp3) is 0.172. The van der Waals surface area contributed by atoms with Crippen LogP contribution < -0.4 is 0 Å². The zero-order valence-corrected chi connectivity index (χ0v) is 19.8. The number of H-pyrrole nitrogens is 2. The SMILES string of the molecule is c1cncc(-c2ccnc3[nH]c(-c4n[nH]c5ccc(-c6cncc(CN7CCCC7)c6)cc45)cc23)c1. The van der Waals surface area contributed by atoms with Crippen molar-refractivity contribution in [3.05, 3.63) is 85.1 Å². The summed E-state index contributed by atoms with van der Waals surface area (Å²) in [6, 6.07) is 16.9. The molecular formula is C29H25N7. The zero-order valence-electron chi connectivity index (χ0n) is 19.8. The number of benzene rings is 1. The molecule has 1 aliphatic heterocycles. The molecule has 176 valence electrons. The van der Waals surface area contributed by atoms with Crippen LogP contribution in [0.3, 0.4) is 0 Å². The Bertz CT molecular complexity index is 1680. The summed E-state index contributed by atoms with van der Waals surface area (Å²) in [7, 11) is 0. The number of rotatable bonds is 5. The van der Waals surface area contributed by atoms with Crippen LogP contribution in [0.2, 0.25) is 0 Å². The van der Waals surface area contributed by atoms with Crippen molar-refractivity contribution in [3.63, 3.8) is 0 Å². The van der Waals surface area contributed by atoms with E-state index in [1.807, 2.05) is 36.9 Å². The molecule has 7 heteroatoms. The summed E-state index contributed by atoms with van der Waals surface area (Å²) in [5.74, 6) is 0. The number of pyridine rings is 3. The van der Waals surface area contributed by atoms with Crippen LogP contribution in [0.5, 0.6) is 0 Å². The smallest absolute Gasteiger partial charge is 0.138 e. The van der Waals surface area contributed by atoms with Crippen LogP contribution in [0.25, 0.3) is 55.6 Å². The van der Waals surface area contributed by atoms with Crippen molar-refractivity contribution in [2.45, 2.75) is 19.4 Å². The first-order valence-electron chi connectivity index (χ1n) is 12.4. The third-order valence-electron chi connectivity index (χ3n) is 7.06. The minimum atomic E-state index is 0.831. The molecule has 0 radical (unpaired) electrons. The van der Waals surface area contributed by atoms with Crippen molar-refractivity contribution in [1.82, 2.24) is 35.0 Å². The van der Waals surface area contributed by atoms with Crippen LogP contribution >= 0.6 is 0 Å². The Morgan fingerprint density at radius 1 is 0.806 bits per heavy atom. The van der Waals surface area contributed by atoms with Crippen molar-refractivity contribution in [2.24, 2.45) is 0 Å². The van der Waals surface area contributed by atoms with Gasteiger partial charge < -0.3 is 4.98 Å². The number of hydrogen-bond donors (Lipinski definition) is 2. The van der Waals surface area contributed by atoms with Crippen LogP contribution in [0.15, 0.2) is 79.5 Å². The molecule has 6 aromatic rings. The van der Waals surface area contributed by atoms with E-state index in [0.717, 1.165) is 62.1 Å². The molecule has 1 saturated heterocycles. The van der Waals surface area contributed by atoms with Crippen LogP contribution in [0.1, 0.15) is 18.4 Å². The average Bonchev–Trinajstić information content (AvgIpc) is 3.68. The van der Waals surface area contributed by atoms with E-state index >= 15 is 0 Å². The van der Waals surface area contributed by atoms with Gasteiger partial charge in [-0.3, -0.25) is 20.0 Å². The number of nitrogens with one attached hydrogen (secondary N) is 2. The molecule has 7 nitrogen and oxygen atoms in total.